The molecule has 1 aliphatic carbocycles. The largest absolute Gasteiger partial charge is 0.477 e. The van der Waals surface area contributed by atoms with E-state index in [-0.39, 0.29) is 16.6 Å². The molecule has 2 N–H and O–H groups in total. The normalized spacial score (nSPS) is 17.4. The quantitative estimate of drug-likeness (QED) is 0.824. The van der Waals surface area contributed by atoms with Crippen molar-refractivity contribution in [1.82, 2.24) is 9.29 Å². The van der Waals surface area contributed by atoms with Crippen molar-refractivity contribution in [2.45, 2.75) is 44.2 Å². The number of rotatable bonds is 6. The molecular weight excluding hydrogens is 268 g/mol. The van der Waals surface area contributed by atoms with Gasteiger partial charge >= 0.3 is 5.97 Å². The highest BCUT2D eigenvalue weighted by molar-refractivity contribution is 7.89. The Bertz CT molecular complexity index is 587. The number of hydrogen-bond donors (Lipinski definition) is 2. The van der Waals surface area contributed by atoms with Crippen LogP contribution in [0, 0.1) is 5.92 Å². The third kappa shape index (κ3) is 2.98. The summed E-state index contributed by atoms with van der Waals surface area (Å²) in [7, 11) is -3.64. The maximum Gasteiger partial charge on any atom is 0.352 e. The predicted octanol–water partition coefficient (Wildman–Crippen LogP) is 1.28. The van der Waals surface area contributed by atoms with Crippen LogP contribution in [0.5, 0.6) is 0 Å². The minimum absolute atomic E-state index is 0.0121. The summed E-state index contributed by atoms with van der Waals surface area (Å²) in [6, 6.07) is 1.09. The first-order chi connectivity index (χ1) is 8.85. The summed E-state index contributed by atoms with van der Waals surface area (Å²) in [5, 5.41) is 9.02. The summed E-state index contributed by atoms with van der Waals surface area (Å²) in [6.45, 7) is 4.02. The Morgan fingerprint density at radius 2 is 2.21 bits per heavy atom. The summed E-state index contributed by atoms with van der Waals surface area (Å²) >= 11 is 0. The van der Waals surface area contributed by atoms with Gasteiger partial charge in [0.1, 0.15) is 10.6 Å². The minimum Gasteiger partial charge on any atom is -0.477 e. The molecule has 19 heavy (non-hydrogen) atoms. The molecule has 0 amide bonds. The van der Waals surface area contributed by atoms with Crippen LogP contribution < -0.4 is 4.72 Å². The van der Waals surface area contributed by atoms with Crippen molar-refractivity contribution in [1.29, 1.82) is 0 Å². The predicted molar refractivity (Wildman–Crippen MR) is 69.6 cm³/mol. The molecule has 1 unspecified atom stereocenters. The first-order valence-electron chi connectivity index (χ1n) is 6.31. The SMILES string of the molecule is CCn1cc(S(=O)(=O)NC(C)C2CC2)cc1C(=O)O. The summed E-state index contributed by atoms with van der Waals surface area (Å²) in [5.41, 5.74) is -0.0121. The van der Waals surface area contributed by atoms with Crippen molar-refractivity contribution >= 4 is 16.0 Å². The zero-order valence-corrected chi connectivity index (χ0v) is 11.8. The number of sulfonamides is 1. The molecule has 1 atom stereocenters. The Morgan fingerprint density at radius 1 is 1.58 bits per heavy atom. The van der Waals surface area contributed by atoms with Gasteiger partial charge in [0.25, 0.3) is 0 Å². The Balaban J connectivity index is 2.26. The van der Waals surface area contributed by atoms with E-state index in [1.807, 2.05) is 6.92 Å². The maximum atomic E-state index is 12.2. The Morgan fingerprint density at radius 3 is 2.63 bits per heavy atom. The van der Waals surface area contributed by atoms with E-state index in [4.69, 9.17) is 5.11 Å². The molecule has 1 heterocycles. The fraction of sp³-hybridized carbons (Fsp3) is 0.583. The summed E-state index contributed by atoms with van der Waals surface area (Å²) in [6.07, 6.45) is 3.45. The molecule has 1 aromatic heterocycles. The molecule has 6 nitrogen and oxygen atoms in total. The number of carbonyl (C=O) groups is 1. The second-order valence-corrected chi connectivity index (χ2v) is 6.61. The monoisotopic (exact) mass is 286 g/mol. The average Bonchev–Trinajstić information content (AvgIpc) is 3.06. The van der Waals surface area contributed by atoms with Crippen LogP contribution in [-0.4, -0.2) is 30.1 Å². The lowest BCUT2D eigenvalue weighted by Gasteiger charge is -2.11. The van der Waals surface area contributed by atoms with Crippen molar-refractivity contribution in [3.8, 4) is 0 Å². The molecule has 106 valence electrons. The topological polar surface area (TPSA) is 88.4 Å². The van der Waals surface area contributed by atoms with Crippen molar-refractivity contribution in [2.24, 2.45) is 5.92 Å². The van der Waals surface area contributed by atoms with E-state index in [2.05, 4.69) is 4.72 Å². The molecule has 0 aliphatic heterocycles. The second-order valence-electron chi connectivity index (χ2n) is 4.90. The van der Waals surface area contributed by atoms with Crippen LogP contribution in [0.4, 0.5) is 0 Å². The van der Waals surface area contributed by atoms with Crippen molar-refractivity contribution < 1.29 is 18.3 Å². The number of aromatic carboxylic acids is 1. The molecule has 0 spiro atoms. The fourth-order valence-corrected chi connectivity index (χ4v) is 3.43. The first kappa shape index (κ1) is 14.1. The number of nitrogens with zero attached hydrogens (tertiary/aromatic N) is 1. The van der Waals surface area contributed by atoms with E-state index in [0.29, 0.717) is 12.5 Å². The molecule has 0 radical (unpaired) electrons. The number of hydrogen-bond acceptors (Lipinski definition) is 3. The van der Waals surface area contributed by atoms with E-state index in [1.54, 1.807) is 6.92 Å². The van der Waals surface area contributed by atoms with Gasteiger partial charge in [-0.15, -0.1) is 0 Å². The van der Waals surface area contributed by atoms with Crippen LogP contribution in [-0.2, 0) is 16.6 Å². The van der Waals surface area contributed by atoms with E-state index in [0.717, 1.165) is 12.8 Å². The molecular formula is C12H18N2O4S. The molecule has 0 aromatic carbocycles. The zero-order chi connectivity index (χ0) is 14.2. The molecule has 2 rings (SSSR count). The molecule has 1 fully saturated rings. The number of aryl methyl sites for hydroxylation is 1. The zero-order valence-electron chi connectivity index (χ0n) is 11.0. The highest BCUT2D eigenvalue weighted by Crippen LogP contribution is 2.33. The number of carboxylic acids is 1. The molecule has 1 aliphatic rings. The highest BCUT2D eigenvalue weighted by Gasteiger charge is 2.32. The van der Waals surface area contributed by atoms with Crippen molar-refractivity contribution in [3.63, 3.8) is 0 Å². The van der Waals surface area contributed by atoms with Crippen LogP contribution in [0.3, 0.4) is 0 Å². The summed E-state index contributed by atoms with van der Waals surface area (Å²) in [5.74, 6) is -0.722. The molecule has 0 saturated heterocycles. The first-order valence-corrected chi connectivity index (χ1v) is 7.79. The number of aromatic nitrogens is 1. The Hall–Kier alpha value is -1.34. The fourth-order valence-electron chi connectivity index (χ4n) is 2.08. The third-order valence-electron chi connectivity index (χ3n) is 3.41. The number of nitrogens with one attached hydrogen (secondary N) is 1. The highest BCUT2D eigenvalue weighted by atomic mass is 32.2. The maximum absolute atomic E-state index is 12.2. The molecule has 1 aromatic rings. The van der Waals surface area contributed by atoms with Gasteiger partial charge in [0.05, 0.1) is 0 Å². The number of carboxylic acid groups (broad SMARTS) is 1. The van der Waals surface area contributed by atoms with E-state index >= 15 is 0 Å². The van der Waals surface area contributed by atoms with E-state index in [9.17, 15) is 13.2 Å². The van der Waals surface area contributed by atoms with Gasteiger partial charge in [-0.1, -0.05) is 0 Å². The standard InChI is InChI=1S/C12H18N2O4S/c1-3-14-7-10(6-11(14)12(15)16)19(17,18)13-8(2)9-4-5-9/h6-9,13H,3-5H2,1-2H3,(H,15,16). The van der Waals surface area contributed by atoms with Crippen LogP contribution in [0.1, 0.15) is 37.2 Å². The van der Waals surface area contributed by atoms with Crippen LogP contribution in [0.2, 0.25) is 0 Å². The smallest absolute Gasteiger partial charge is 0.352 e. The molecule has 1 saturated carbocycles. The van der Waals surface area contributed by atoms with Gasteiger partial charge in [-0.2, -0.15) is 0 Å². The van der Waals surface area contributed by atoms with E-state index in [1.165, 1.54) is 16.8 Å². The lowest BCUT2D eigenvalue weighted by Crippen LogP contribution is -2.33. The molecule has 0 bridgehead atoms. The van der Waals surface area contributed by atoms with Gasteiger partial charge in [-0.05, 0) is 38.7 Å². The van der Waals surface area contributed by atoms with Gasteiger partial charge < -0.3 is 9.67 Å². The van der Waals surface area contributed by atoms with Gasteiger partial charge in [-0.25, -0.2) is 17.9 Å². The second kappa shape index (κ2) is 4.97. The van der Waals surface area contributed by atoms with Crippen LogP contribution in [0.15, 0.2) is 17.2 Å². The van der Waals surface area contributed by atoms with Gasteiger partial charge in [-0.3, -0.25) is 0 Å². The van der Waals surface area contributed by atoms with Gasteiger partial charge in [0, 0.05) is 18.8 Å². The third-order valence-corrected chi connectivity index (χ3v) is 4.94. The Labute approximate surface area is 112 Å². The van der Waals surface area contributed by atoms with Crippen molar-refractivity contribution in [3.05, 3.63) is 18.0 Å². The molecule has 7 heteroatoms. The lowest BCUT2D eigenvalue weighted by atomic mass is 10.2. The minimum atomic E-state index is -3.64. The van der Waals surface area contributed by atoms with Crippen molar-refractivity contribution in [2.75, 3.05) is 0 Å². The van der Waals surface area contributed by atoms with Gasteiger partial charge in [0.15, 0.2) is 0 Å². The van der Waals surface area contributed by atoms with E-state index < -0.39 is 16.0 Å². The van der Waals surface area contributed by atoms with Gasteiger partial charge in [0.2, 0.25) is 10.0 Å². The van der Waals surface area contributed by atoms with Crippen LogP contribution >= 0.6 is 0 Å². The summed E-state index contributed by atoms with van der Waals surface area (Å²) < 4.78 is 28.3. The van der Waals surface area contributed by atoms with Crippen LogP contribution in [0.25, 0.3) is 0 Å². The Kier molecular flexibility index (Phi) is 3.69. The average molecular weight is 286 g/mol. The lowest BCUT2D eigenvalue weighted by molar-refractivity contribution is 0.0685. The summed E-state index contributed by atoms with van der Waals surface area (Å²) in [4.78, 5) is 11.0.